The van der Waals surface area contributed by atoms with Gasteiger partial charge in [0.05, 0.1) is 12.5 Å². The molecule has 0 unspecified atom stereocenters. The number of carbonyl (C=O) groups excluding carboxylic acids is 1. The molecule has 1 aromatic rings. The second-order valence-corrected chi connectivity index (χ2v) is 3.19. The number of hydrogen-bond acceptors (Lipinski definition) is 3. The molecule has 0 aliphatic heterocycles. The van der Waals surface area contributed by atoms with Crippen LogP contribution in [-0.4, -0.2) is 15.7 Å². The van der Waals surface area contributed by atoms with Crippen molar-refractivity contribution in [3.63, 3.8) is 0 Å². The number of aromatic nitrogens is 2. The van der Waals surface area contributed by atoms with E-state index in [9.17, 15) is 23.1 Å². The van der Waals surface area contributed by atoms with Gasteiger partial charge in [0.2, 0.25) is 0 Å². The summed E-state index contributed by atoms with van der Waals surface area (Å²) in [4.78, 5) is 10.1. The summed E-state index contributed by atoms with van der Waals surface area (Å²) in [5.41, 5.74) is -1.15. The van der Waals surface area contributed by atoms with Gasteiger partial charge in [-0.05, 0) is 15.9 Å². The number of rotatable bonds is 2. The lowest BCUT2D eigenvalue weighted by Crippen LogP contribution is -2.28. The lowest BCUT2D eigenvalue weighted by molar-refractivity contribution is -0.306. The molecule has 1 rings (SSSR count). The van der Waals surface area contributed by atoms with Crippen LogP contribution in [0.3, 0.4) is 0 Å². The molecule has 0 aromatic carbocycles. The monoisotopic (exact) mass is 271 g/mol. The lowest BCUT2D eigenvalue weighted by Gasteiger charge is -2.03. The predicted octanol–water partition coefficient (Wildman–Crippen LogP) is 0.414. The molecule has 0 aliphatic carbocycles. The molecule has 14 heavy (non-hydrogen) atoms. The fourth-order valence-corrected chi connectivity index (χ4v) is 1.19. The van der Waals surface area contributed by atoms with Crippen molar-refractivity contribution in [1.82, 2.24) is 9.78 Å². The zero-order chi connectivity index (χ0) is 10.9. The van der Waals surface area contributed by atoms with Gasteiger partial charge in [-0.1, -0.05) is 0 Å². The first-order valence-corrected chi connectivity index (χ1v) is 4.10. The Morgan fingerprint density at radius 2 is 2.21 bits per heavy atom. The van der Waals surface area contributed by atoms with Gasteiger partial charge in [-0.25, -0.2) is 0 Å². The van der Waals surface area contributed by atoms with E-state index in [0.29, 0.717) is 10.7 Å². The highest BCUT2D eigenvalue weighted by molar-refractivity contribution is 9.10. The number of nitrogens with zero attached hydrogens (tertiary/aromatic N) is 2. The fourth-order valence-electron chi connectivity index (χ4n) is 0.766. The van der Waals surface area contributed by atoms with E-state index in [1.54, 1.807) is 0 Å². The van der Waals surface area contributed by atoms with Crippen molar-refractivity contribution in [3.05, 3.63) is 16.4 Å². The fraction of sp³-hybridized carbons (Fsp3) is 0.333. The number of halogens is 4. The third-order valence-electron chi connectivity index (χ3n) is 1.30. The number of alkyl halides is 3. The van der Waals surface area contributed by atoms with E-state index in [4.69, 9.17) is 0 Å². The smallest absolute Gasteiger partial charge is 0.435 e. The minimum absolute atomic E-state index is 0.0611. The van der Waals surface area contributed by atoms with Gasteiger partial charge in [0.25, 0.3) is 0 Å². The van der Waals surface area contributed by atoms with Crippen LogP contribution in [0.1, 0.15) is 5.69 Å². The van der Waals surface area contributed by atoms with Gasteiger partial charge in [-0.2, -0.15) is 18.3 Å². The molecule has 0 amide bonds. The van der Waals surface area contributed by atoms with Crippen molar-refractivity contribution in [1.29, 1.82) is 0 Å². The van der Waals surface area contributed by atoms with Crippen molar-refractivity contribution in [2.75, 3.05) is 0 Å². The van der Waals surface area contributed by atoms with Crippen LogP contribution < -0.4 is 5.11 Å². The van der Waals surface area contributed by atoms with Crippen molar-refractivity contribution in [3.8, 4) is 0 Å². The predicted molar refractivity (Wildman–Crippen MR) is 39.9 cm³/mol. The van der Waals surface area contributed by atoms with Gasteiger partial charge >= 0.3 is 6.18 Å². The second kappa shape index (κ2) is 3.60. The van der Waals surface area contributed by atoms with Crippen LogP contribution in [0.15, 0.2) is 10.7 Å². The first-order valence-electron chi connectivity index (χ1n) is 3.31. The van der Waals surface area contributed by atoms with E-state index in [-0.39, 0.29) is 4.60 Å². The summed E-state index contributed by atoms with van der Waals surface area (Å²) in [5.74, 6) is -1.51. The number of carbonyl (C=O) groups is 1. The van der Waals surface area contributed by atoms with Crippen LogP contribution in [-0.2, 0) is 17.5 Å². The Bertz CT molecular complexity index is 360. The number of hydrogen-bond donors (Lipinski definition) is 0. The average Bonchev–Trinajstić information content (AvgIpc) is 2.30. The van der Waals surface area contributed by atoms with E-state index in [1.165, 1.54) is 0 Å². The van der Waals surface area contributed by atoms with Crippen LogP contribution >= 0.6 is 15.9 Å². The Balaban J connectivity index is 2.99. The minimum atomic E-state index is -4.58. The molecule has 0 N–H and O–H groups in total. The molecule has 0 atom stereocenters. The Labute approximate surface area is 84.5 Å². The maximum Gasteiger partial charge on any atom is 0.435 e. The van der Waals surface area contributed by atoms with Gasteiger partial charge < -0.3 is 9.90 Å². The molecule has 0 fully saturated rings. The van der Waals surface area contributed by atoms with E-state index in [2.05, 4.69) is 21.0 Å². The molecule has 0 aliphatic rings. The zero-order valence-corrected chi connectivity index (χ0v) is 8.09. The molecule has 0 spiro atoms. The molecular weight excluding hydrogens is 269 g/mol. The summed E-state index contributed by atoms with van der Waals surface area (Å²) in [7, 11) is 0. The maximum absolute atomic E-state index is 12.1. The Kier molecular flexibility index (Phi) is 2.84. The number of carboxylic acids is 1. The molecule has 0 saturated heterocycles. The normalized spacial score (nSPS) is 11.7. The van der Waals surface area contributed by atoms with E-state index in [1.807, 2.05) is 0 Å². The maximum atomic E-state index is 12.1. The van der Waals surface area contributed by atoms with Gasteiger partial charge in [-0.15, -0.1) is 0 Å². The first-order chi connectivity index (χ1) is 6.30. The summed E-state index contributed by atoms with van der Waals surface area (Å²) >= 11 is 2.75. The molecule has 0 radical (unpaired) electrons. The van der Waals surface area contributed by atoms with Crippen LogP contribution in [0.2, 0.25) is 0 Å². The third-order valence-corrected chi connectivity index (χ3v) is 1.94. The van der Waals surface area contributed by atoms with Crippen molar-refractivity contribution in [2.24, 2.45) is 0 Å². The average molecular weight is 272 g/mol. The summed E-state index contributed by atoms with van der Waals surface area (Å²) in [5, 5.41) is 13.2. The molecule has 0 saturated carbocycles. The van der Waals surface area contributed by atoms with Crippen LogP contribution in [0.5, 0.6) is 0 Å². The zero-order valence-electron chi connectivity index (χ0n) is 6.51. The quantitative estimate of drug-likeness (QED) is 0.783. The van der Waals surface area contributed by atoms with Gasteiger partial charge in [0.1, 0.15) is 4.60 Å². The highest BCUT2D eigenvalue weighted by atomic mass is 79.9. The number of aliphatic carboxylic acids is 1. The highest BCUT2D eigenvalue weighted by Gasteiger charge is 2.34. The van der Waals surface area contributed by atoms with Gasteiger partial charge in [0, 0.05) is 6.07 Å². The van der Waals surface area contributed by atoms with Crippen LogP contribution in [0.4, 0.5) is 13.2 Å². The van der Waals surface area contributed by atoms with Gasteiger partial charge in [0.15, 0.2) is 5.69 Å². The lowest BCUT2D eigenvalue weighted by atomic mass is 10.4. The summed E-state index contributed by atoms with van der Waals surface area (Å²) in [6.45, 7) is -0.726. The third kappa shape index (κ3) is 2.47. The van der Waals surface area contributed by atoms with Crippen LogP contribution in [0.25, 0.3) is 0 Å². The summed E-state index contributed by atoms with van der Waals surface area (Å²) in [6.07, 6.45) is -4.58. The molecule has 78 valence electrons. The van der Waals surface area contributed by atoms with Crippen molar-refractivity contribution in [2.45, 2.75) is 12.7 Å². The standard InChI is InChI=1S/C6H4BrF3N2O2/c7-4-1-3(6(8,9)10)11-12(4)2-5(13)14/h1H,2H2,(H,13,14)/p-1. The molecular formula is C6H3BrF3N2O2-. The summed E-state index contributed by atoms with van der Waals surface area (Å²) < 4.78 is 36.8. The highest BCUT2D eigenvalue weighted by Crippen LogP contribution is 2.29. The SMILES string of the molecule is O=C([O-])Cn1nc(C(F)(F)F)cc1Br. The van der Waals surface area contributed by atoms with Crippen LogP contribution in [0, 0.1) is 0 Å². The Hall–Kier alpha value is -1.05. The van der Waals surface area contributed by atoms with E-state index in [0.717, 1.165) is 0 Å². The second-order valence-electron chi connectivity index (χ2n) is 2.38. The van der Waals surface area contributed by atoms with E-state index >= 15 is 0 Å². The summed E-state index contributed by atoms with van der Waals surface area (Å²) in [6, 6.07) is 0.697. The molecule has 0 bridgehead atoms. The minimum Gasteiger partial charge on any atom is -0.548 e. The van der Waals surface area contributed by atoms with Crippen molar-refractivity contribution >= 4 is 21.9 Å². The van der Waals surface area contributed by atoms with Crippen molar-refractivity contribution < 1.29 is 23.1 Å². The van der Waals surface area contributed by atoms with Gasteiger partial charge in [-0.3, -0.25) is 4.68 Å². The molecule has 1 aromatic heterocycles. The molecule has 4 nitrogen and oxygen atoms in total. The number of carboxylic acid groups (broad SMARTS) is 1. The first kappa shape index (κ1) is 11.0. The van der Waals surface area contributed by atoms with E-state index < -0.39 is 24.4 Å². The molecule has 1 heterocycles. The topological polar surface area (TPSA) is 57.9 Å². The Morgan fingerprint density at radius 1 is 1.64 bits per heavy atom. The molecule has 8 heteroatoms. The largest absolute Gasteiger partial charge is 0.548 e. The Morgan fingerprint density at radius 3 is 2.57 bits per heavy atom.